The van der Waals surface area contributed by atoms with Gasteiger partial charge in [-0.2, -0.15) is 0 Å². The number of fused-ring (bicyclic) bond motifs is 1. The molecule has 0 saturated heterocycles. The number of para-hydroxylation sites is 2. The van der Waals surface area contributed by atoms with Crippen LogP contribution in [-0.2, 0) is 4.79 Å². The monoisotopic (exact) mass is 486 g/mol. The molecule has 2 atom stereocenters. The molecule has 1 aliphatic carbocycles. The van der Waals surface area contributed by atoms with Crippen LogP contribution in [0.15, 0.2) is 71.9 Å². The van der Waals surface area contributed by atoms with Crippen molar-refractivity contribution in [3.8, 4) is 23.0 Å². The summed E-state index contributed by atoms with van der Waals surface area (Å²) in [7, 11) is 6.43. The maximum Gasteiger partial charge on any atom is 0.203 e. The highest BCUT2D eigenvalue weighted by atomic mass is 16.5. The molecule has 7 heteroatoms. The summed E-state index contributed by atoms with van der Waals surface area (Å²) in [6.45, 7) is 0. The minimum Gasteiger partial charge on any atom is -0.497 e. The van der Waals surface area contributed by atoms with Crippen LogP contribution in [0.1, 0.15) is 35.9 Å². The fourth-order valence-electron chi connectivity index (χ4n) is 5.11. The molecule has 0 aromatic heterocycles. The summed E-state index contributed by atoms with van der Waals surface area (Å²) in [5.41, 5.74) is 5.55. The quantitative estimate of drug-likeness (QED) is 0.463. The van der Waals surface area contributed by atoms with Crippen molar-refractivity contribution in [1.82, 2.24) is 0 Å². The summed E-state index contributed by atoms with van der Waals surface area (Å²) < 4.78 is 22.0. The number of rotatable bonds is 6. The molecule has 0 saturated carbocycles. The van der Waals surface area contributed by atoms with Gasteiger partial charge in [-0.15, -0.1) is 0 Å². The molecule has 186 valence electrons. The Bertz CT molecular complexity index is 1290. The van der Waals surface area contributed by atoms with Gasteiger partial charge in [-0.05, 0) is 59.9 Å². The van der Waals surface area contributed by atoms with E-state index in [9.17, 15) is 4.79 Å². The van der Waals surface area contributed by atoms with E-state index in [0.29, 0.717) is 30.1 Å². The Hall–Kier alpha value is -4.13. The molecule has 2 N–H and O–H groups in total. The molecule has 0 radical (unpaired) electrons. The Morgan fingerprint density at radius 3 is 2.03 bits per heavy atom. The molecular formula is C29H30N2O5. The summed E-state index contributed by atoms with van der Waals surface area (Å²) in [6, 6.07) is 19.5. The van der Waals surface area contributed by atoms with Gasteiger partial charge < -0.3 is 29.6 Å². The van der Waals surface area contributed by atoms with Crippen LogP contribution in [0.5, 0.6) is 23.0 Å². The Morgan fingerprint density at radius 1 is 0.750 bits per heavy atom. The molecule has 0 fully saturated rings. The number of carbonyl (C=O) groups excluding carboxylic acids is 1. The number of methoxy groups -OCH3 is 4. The van der Waals surface area contributed by atoms with Gasteiger partial charge in [0.25, 0.3) is 0 Å². The van der Waals surface area contributed by atoms with Gasteiger partial charge in [-0.3, -0.25) is 4.79 Å². The second kappa shape index (κ2) is 9.85. The van der Waals surface area contributed by atoms with Crippen LogP contribution in [-0.4, -0.2) is 34.2 Å². The van der Waals surface area contributed by atoms with Crippen molar-refractivity contribution in [3.63, 3.8) is 0 Å². The van der Waals surface area contributed by atoms with Crippen LogP contribution < -0.4 is 29.6 Å². The van der Waals surface area contributed by atoms with Crippen LogP contribution in [0.3, 0.4) is 0 Å². The highest BCUT2D eigenvalue weighted by molar-refractivity contribution is 6.01. The Labute approximate surface area is 211 Å². The molecule has 5 rings (SSSR count). The predicted octanol–water partition coefficient (Wildman–Crippen LogP) is 5.70. The molecule has 2 unspecified atom stereocenters. The minimum atomic E-state index is -0.282. The number of ketones is 1. The first-order chi connectivity index (χ1) is 17.6. The Balaban J connectivity index is 1.58. The number of hydrogen-bond donors (Lipinski definition) is 2. The summed E-state index contributed by atoms with van der Waals surface area (Å²) in [4.78, 5) is 13.8. The molecule has 1 aliphatic heterocycles. The molecular weight excluding hydrogens is 456 g/mol. The molecule has 0 spiro atoms. The number of ether oxygens (including phenoxy) is 4. The topological polar surface area (TPSA) is 78.1 Å². The van der Waals surface area contributed by atoms with Gasteiger partial charge in [-0.25, -0.2) is 0 Å². The molecule has 0 bridgehead atoms. The maximum absolute atomic E-state index is 13.8. The predicted molar refractivity (Wildman–Crippen MR) is 140 cm³/mol. The number of Topliss-reactive ketones (excluding diaryl/α,β-unsaturated/α-hetero) is 1. The van der Waals surface area contributed by atoms with E-state index in [2.05, 4.69) is 10.6 Å². The van der Waals surface area contributed by atoms with Crippen molar-refractivity contribution in [1.29, 1.82) is 0 Å². The van der Waals surface area contributed by atoms with Gasteiger partial charge in [0.1, 0.15) is 5.75 Å². The largest absolute Gasteiger partial charge is 0.497 e. The van der Waals surface area contributed by atoms with E-state index in [1.807, 2.05) is 60.7 Å². The third-order valence-electron chi connectivity index (χ3n) is 6.92. The van der Waals surface area contributed by atoms with Crippen molar-refractivity contribution in [2.45, 2.75) is 24.8 Å². The zero-order valence-electron chi connectivity index (χ0n) is 20.9. The molecule has 1 heterocycles. The minimum absolute atomic E-state index is 0.0424. The van der Waals surface area contributed by atoms with Crippen molar-refractivity contribution in [3.05, 3.63) is 83.1 Å². The second-order valence-electron chi connectivity index (χ2n) is 8.90. The Kier molecular flexibility index (Phi) is 6.46. The fourth-order valence-corrected chi connectivity index (χ4v) is 5.11. The van der Waals surface area contributed by atoms with Crippen LogP contribution in [0, 0.1) is 0 Å². The number of nitrogens with one attached hydrogen (secondary N) is 2. The summed E-state index contributed by atoms with van der Waals surface area (Å²) in [6.07, 6.45) is 1.05. The first-order valence-electron chi connectivity index (χ1n) is 11.9. The number of hydrogen-bond acceptors (Lipinski definition) is 7. The van der Waals surface area contributed by atoms with Gasteiger partial charge in [0.05, 0.1) is 45.9 Å². The van der Waals surface area contributed by atoms with E-state index in [0.717, 1.165) is 39.5 Å². The van der Waals surface area contributed by atoms with E-state index in [-0.39, 0.29) is 17.7 Å². The molecule has 0 amide bonds. The lowest BCUT2D eigenvalue weighted by molar-refractivity contribution is -0.116. The van der Waals surface area contributed by atoms with Gasteiger partial charge >= 0.3 is 0 Å². The SMILES string of the molecule is COc1ccc(C2Nc3ccccc3NC3=C2C(=O)CC(c2cc(OC)c(OC)c(OC)c2)C3)cc1. The molecule has 2 aliphatic rings. The maximum atomic E-state index is 13.8. The van der Waals surface area contributed by atoms with Crippen molar-refractivity contribution >= 4 is 17.2 Å². The molecule has 36 heavy (non-hydrogen) atoms. The van der Waals surface area contributed by atoms with Gasteiger partial charge in [0, 0.05) is 17.7 Å². The smallest absolute Gasteiger partial charge is 0.203 e. The lowest BCUT2D eigenvalue weighted by Gasteiger charge is -2.30. The highest BCUT2D eigenvalue weighted by Crippen LogP contribution is 2.47. The van der Waals surface area contributed by atoms with E-state index < -0.39 is 0 Å². The highest BCUT2D eigenvalue weighted by Gasteiger charge is 2.36. The normalized spacial score (nSPS) is 18.7. The van der Waals surface area contributed by atoms with E-state index in [1.54, 1.807) is 28.4 Å². The van der Waals surface area contributed by atoms with Crippen LogP contribution in [0.4, 0.5) is 11.4 Å². The van der Waals surface area contributed by atoms with E-state index >= 15 is 0 Å². The molecule has 3 aromatic rings. The molecule has 3 aromatic carbocycles. The fraction of sp³-hybridized carbons (Fsp3) is 0.276. The van der Waals surface area contributed by atoms with Gasteiger partial charge in [0.15, 0.2) is 17.3 Å². The van der Waals surface area contributed by atoms with E-state index in [4.69, 9.17) is 18.9 Å². The van der Waals surface area contributed by atoms with Crippen LogP contribution in [0.2, 0.25) is 0 Å². The number of anilines is 2. The van der Waals surface area contributed by atoms with E-state index in [1.165, 1.54) is 0 Å². The zero-order chi connectivity index (χ0) is 25.2. The first kappa shape index (κ1) is 23.6. The van der Waals surface area contributed by atoms with Crippen LogP contribution >= 0.6 is 0 Å². The second-order valence-corrected chi connectivity index (χ2v) is 8.90. The molecule has 7 nitrogen and oxygen atoms in total. The van der Waals surface area contributed by atoms with Crippen molar-refractivity contribution in [2.24, 2.45) is 0 Å². The van der Waals surface area contributed by atoms with Crippen LogP contribution in [0.25, 0.3) is 0 Å². The third kappa shape index (κ3) is 4.21. The standard InChI is InChI=1S/C29H30N2O5/c1-33-20-11-9-17(10-12-20)28-27-23(30-21-7-5-6-8-22(21)31-28)13-18(14-24(27)32)19-15-25(34-2)29(36-4)26(16-19)35-3/h5-12,15-16,18,28,30-31H,13-14H2,1-4H3. The van der Waals surface area contributed by atoms with Gasteiger partial charge in [0.2, 0.25) is 5.75 Å². The lowest BCUT2D eigenvalue weighted by Crippen LogP contribution is -2.27. The lowest BCUT2D eigenvalue weighted by atomic mass is 9.78. The van der Waals surface area contributed by atoms with Crippen molar-refractivity contribution < 1.29 is 23.7 Å². The Morgan fingerprint density at radius 2 is 1.42 bits per heavy atom. The average Bonchev–Trinajstić information content (AvgIpc) is 3.09. The first-order valence-corrected chi connectivity index (χ1v) is 11.9. The zero-order valence-corrected chi connectivity index (χ0v) is 20.9. The number of allylic oxidation sites excluding steroid dienone is 1. The summed E-state index contributed by atoms with van der Waals surface area (Å²) in [5.74, 6) is 2.53. The number of carbonyl (C=O) groups is 1. The van der Waals surface area contributed by atoms with Crippen molar-refractivity contribution in [2.75, 3.05) is 39.1 Å². The van der Waals surface area contributed by atoms with Gasteiger partial charge in [-0.1, -0.05) is 24.3 Å². The average molecular weight is 487 g/mol. The summed E-state index contributed by atoms with van der Waals surface area (Å²) in [5, 5.41) is 7.19. The summed E-state index contributed by atoms with van der Waals surface area (Å²) >= 11 is 0. The third-order valence-corrected chi connectivity index (χ3v) is 6.92. The number of benzene rings is 3.